The number of nitrogens with one attached hydrogen (secondary N) is 1. The van der Waals surface area contributed by atoms with Crippen molar-refractivity contribution in [1.82, 2.24) is 4.98 Å². The van der Waals surface area contributed by atoms with E-state index in [-0.39, 0.29) is 10.7 Å². The van der Waals surface area contributed by atoms with E-state index in [1.54, 1.807) is 18.2 Å². The lowest BCUT2D eigenvalue weighted by molar-refractivity contribution is 0.601. The van der Waals surface area contributed by atoms with E-state index in [1.165, 1.54) is 12.3 Å². The third-order valence-corrected chi connectivity index (χ3v) is 4.34. The highest BCUT2D eigenvalue weighted by atomic mass is 35.5. The van der Waals surface area contributed by atoms with Crippen LogP contribution in [0.1, 0.15) is 18.9 Å². The number of rotatable bonds is 5. The molecule has 0 saturated carbocycles. The molecule has 0 radical (unpaired) electrons. The molecule has 20 heavy (non-hydrogen) atoms. The molecular formula is C14H15ClN2O2S. The number of anilines is 1. The Morgan fingerprint density at radius 3 is 2.50 bits per heavy atom. The van der Waals surface area contributed by atoms with Gasteiger partial charge >= 0.3 is 0 Å². The summed E-state index contributed by atoms with van der Waals surface area (Å²) in [7, 11) is -3.63. The summed E-state index contributed by atoms with van der Waals surface area (Å²) >= 11 is 5.80. The Balaban J connectivity index is 2.21. The van der Waals surface area contributed by atoms with Crippen molar-refractivity contribution in [3.63, 3.8) is 0 Å². The van der Waals surface area contributed by atoms with E-state index < -0.39 is 10.0 Å². The molecule has 1 heterocycles. The highest BCUT2D eigenvalue weighted by molar-refractivity contribution is 7.92. The average Bonchev–Trinajstić information content (AvgIpc) is 2.39. The Hall–Kier alpha value is -1.59. The van der Waals surface area contributed by atoms with Crippen LogP contribution in [0.2, 0.25) is 5.02 Å². The van der Waals surface area contributed by atoms with Crippen LogP contribution in [0.4, 0.5) is 5.82 Å². The maximum Gasteiger partial charge on any atom is 0.263 e. The molecule has 4 nitrogen and oxygen atoms in total. The van der Waals surface area contributed by atoms with E-state index in [1.807, 2.05) is 12.1 Å². The van der Waals surface area contributed by atoms with Gasteiger partial charge in [0.2, 0.25) is 0 Å². The zero-order valence-electron chi connectivity index (χ0n) is 11.0. The maximum atomic E-state index is 12.2. The fourth-order valence-corrected chi connectivity index (χ4v) is 2.94. The summed E-state index contributed by atoms with van der Waals surface area (Å²) in [4.78, 5) is 4.13. The van der Waals surface area contributed by atoms with Gasteiger partial charge in [0, 0.05) is 17.3 Å². The van der Waals surface area contributed by atoms with Crippen LogP contribution >= 0.6 is 11.6 Å². The van der Waals surface area contributed by atoms with Gasteiger partial charge in [-0.3, -0.25) is 4.72 Å². The summed E-state index contributed by atoms with van der Waals surface area (Å²) in [5, 5.41) is 0.427. The smallest absolute Gasteiger partial charge is 0.263 e. The lowest BCUT2D eigenvalue weighted by Crippen LogP contribution is -2.13. The molecule has 0 amide bonds. The molecule has 1 aromatic carbocycles. The molecule has 2 aromatic rings. The van der Waals surface area contributed by atoms with E-state index in [2.05, 4.69) is 16.6 Å². The van der Waals surface area contributed by atoms with E-state index in [0.717, 1.165) is 18.4 Å². The van der Waals surface area contributed by atoms with Gasteiger partial charge in [0.05, 0.1) is 4.90 Å². The van der Waals surface area contributed by atoms with Crippen molar-refractivity contribution in [2.24, 2.45) is 0 Å². The monoisotopic (exact) mass is 310 g/mol. The second-order valence-corrected chi connectivity index (χ2v) is 6.48. The van der Waals surface area contributed by atoms with Crippen molar-refractivity contribution in [1.29, 1.82) is 0 Å². The van der Waals surface area contributed by atoms with Gasteiger partial charge in [0.1, 0.15) is 5.82 Å². The van der Waals surface area contributed by atoms with Gasteiger partial charge in [0.25, 0.3) is 10.0 Å². The summed E-state index contributed by atoms with van der Waals surface area (Å²) in [5.74, 6) is 0.204. The molecule has 1 aromatic heterocycles. The summed E-state index contributed by atoms with van der Waals surface area (Å²) in [5.41, 5.74) is 1.12. The number of hydrogen-bond acceptors (Lipinski definition) is 3. The summed E-state index contributed by atoms with van der Waals surface area (Å²) in [6.07, 6.45) is 3.41. The molecule has 1 N–H and O–H groups in total. The summed E-state index contributed by atoms with van der Waals surface area (Å²) in [6, 6.07) is 9.88. The molecule has 0 saturated heterocycles. The minimum absolute atomic E-state index is 0.204. The van der Waals surface area contributed by atoms with Crippen molar-refractivity contribution in [2.75, 3.05) is 4.72 Å². The minimum Gasteiger partial charge on any atom is -0.263 e. The Morgan fingerprint density at radius 1 is 1.20 bits per heavy atom. The topological polar surface area (TPSA) is 59.1 Å². The minimum atomic E-state index is -3.63. The molecule has 0 unspecified atom stereocenters. The van der Waals surface area contributed by atoms with Crippen LogP contribution in [0.3, 0.4) is 0 Å². The number of nitrogens with zero attached hydrogens (tertiary/aromatic N) is 1. The van der Waals surface area contributed by atoms with E-state index >= 15 is 0 Å². The first-order valence-corrected chi connectivity index (χ1v) is 8.10. The zero-order chi connectivity index (χ0) is 14.6. The summed E-state index contributed by atoms with van der Waals surface area (Å²) in [6.45, 7) is 2.08. The molecule has 2 rings (SSSR count). The zero-order valence-corrected chi connectivity index (χ0v) is 12.6. The van der Waals surface area contributed by atoms with Gasteiger partial charge in [-0.1, -0.05) is 37.1 Å². The molecule has 6 heteroatoms. The van der Waals surface area contributed by atoms with Gasteiger partial charge in [-0.2, -0.15) is 0 Å². The number of benzene rings is 1. The normalized spacial score (nSPS) is 11.3. The number of hydrogen-bond donors (Lipinski definition) is 1. The second kappa shape index (κ2) is 6.24. The van der Waals surface area contributed by atoms with Crippen LogP contribution < -0.4 is 4.72 Å². The number of sulfonamides is 1. The van der Waals surface area contributed by atoms with Gasteiger partial charge in [-0.05, 0) is 30.2 Å². The van der Waals surface area contributed by atoms with Crippen LogP contribution in [-0.2, 0) is 16.4 Å². The number of halogens is 1. The Bertz CT molecular complexity index is 685. The van der Waals surface area contributed by atoms with E-state index in [9.17, 15) is 8.42 Å². The lowest BCUT2D eigenvalue weighted by Gasteiger charge is -2.08. The Morgan fingerprint density at radius 2 is 1.90 bits per heavy atom. The van der Waals surface area contributed by atoms with Crippen molar-refractivity contribution < 1.29 is 8.42 Å². The van der Waals surface area contributed by atoms with Crippen molar-refractivity contribution in [2.45, 2.75) is 24.7 Å². The van der Waals surface area contributed by atoms with Crippen LogP contribution in [0.5, 0.6) is 0 Å². The quantitative estimate of drug-likeness (QED) is 0.919. The van der Waals surface area contributed by atoms with Crippen molar-refractivity contribution in [3.05, 3.63) is 53.2 Å². The molecule has 0 bridgehead atoms. The Labute approximate surface area is 123 Å². The lowest BCUT2D eigenvalue weighted by atomic mass is 10.1. The SMILES string of the molecule is CCCc1ccc(S(=O)(=O)Nc2cc(Cl)ccn2)cc1. The molecule has 0 aliphatic carbocycles. The molecule has 0 fully saturated rings. The first kappa shape index (κ1) is 14.8. The molecule has 0 aliphatic rings. The average molecular weight is 311 g/mol. The molecular weight excluding hydrogens is 296 g/mol. The number of pyridine rings is 1. The number of aryl methyl sites for hydroxylation is 1. The van der Waals surface area contributed by atoms with Gasteiger partial charge < -0.3 is 0 Å². The maximum absolute atomic E-state index is 12.2. The van der Waals surface area contributed by atoms with Crippen LogP contribution in [-0.4, -0.2) is 13.4 Å². The van der Waals surface area contributed by atoms with Crippen molar-refractivity contribution >= 4 is 27.4 Å². The van der Waals surface area contributed by atoms with Crippen LogP contribution in [0.25, 0.3) is 0 Å². The molecule has 0 aliphatic heterocycles. The van der Waals surface area contributed by atoms with Crippen LogP contribution in [0, 0.1) is 0 Å². The highest BCUT2D eigenvalue weighted by Crippen LogP contribution is 2.18. The van der Waals surface area contributed by atoms with E-state index in [0.29, 0.717) is 5.02 Å². The van der Waals surface area contributed by atoms with Gasteiger partial charge in [0.15, 0.2) is 0 Å². The predicted molar refractivity (Wildman–Crippen MR) is 80.5 cm³/mol. The fraction of sp³-hybridized carbons (Fsp3) is 0.214. The fourth-order valence-electron chi connectivity index (χ4n) is 1.78. The molecule has 106 valence electrons. The Kier molecular flexibility index (Phi) is 4.62. The van der Waals surface area contributed by atoms with Gasteiger partial charge in [-0.25, -0.2) is 13.4 Å². The third kappa shape index (κ3) is 3.71. The third-order valence-electron chi connectivity index (χ3n) is 2.73. The first-order chi connectivity index (χ1) is 9.51. The van der Waals surface area contributed by atoms with E-state index in [4.69, 9.17) is 11.6 Å². The van der Waals surface area contributed by atoms with Gasteiger partial charge in [-0.15, -0.1) is 0 Å². The summed E-state index contributed by atoms with van der Waals surface area (Å²) < 4.78 is 26.8. The van der Waals surface area contributed by atoms with Crippen LogP contribution in [0.15, 0.2) is 47.5 Å². The standard InChI is InChI=1S/C14H15ClN2O2S/c1-2-3-11-4-6-13(7-5-11)20(18,19)17-14-10-12(15)8-9-16-14/h4-10H,2-3H2,1H3,(H,16,17). The highest BCUT2D eigenvalue weighted by Gasteiger charge is 2.14. The largest absolute Gasteiger partial charge is 0.263 e. The second-order valence-electron chi connectivity index (χ2n) is 4.36. The molecule has 0 atom stereocenters. The molecule has 0 spiro atoms. The van der Waals surface area contributed by atoms with Crippen molar-refractivity contribution in [3.8, 4) is 0 Å². The predicted octanol–water partition coefficient (Wildman–Crippen LogP) is 3.49. The first-order valence-electron chi connectivity index (χ1n) is 6.24. The number of aromatic nitrogens is 1.